The smallest absolute Gasteiger partial charge is 0.494 e. The van der Waals surface area contributed by atoms with Crippen LogP contribution >= 0.6 is 0 Å². The Kier molecular flexibility index (Phi) is 4.90. The summed E-state index contributed by atoms with van der Waals surface area (Å²) in [4.78, 5) is 2.24. The van der Waals surface area contributed by atoms with Crippen molar-refractivity contribution in [2.45, 2.75) is 52.4 Å². The first-order valence-electron chi connectivity index (χ1n) is 7.91. The minimum atomic E-state index is -0.332. The van der Waals surface area contributed by atoms with E-state index in [0.717, 1.165) is 29.9 Å². The molecule has 2 rings (SSSR count). The quantitative estimate of drug-likeness (QED) is 0.782. The van der Waals surface area contributed by atoms with Crippen LogP contribution in [0.5, 0.6) is 5.75 Å². The summed E-state index contributed by atoms with van der Waals surface area (Å²) in [6.45, 7) is 12.3. The first kappa shape index (κ1) is 17.3. The van der Waals surface area contributed by atoms with E-state index >= 15 is 0 Å². The highest BCUT2D eigenvalue weighted by atomic mass is 16.7. The van der Waals surface area contributed by atoms with Gasteiger partial charge < -0.3 is 18.9 Å². The standard InChI is InChI=1S/C17H28BNO3/c1-8-19(6)12-13-11-14(9-10-15(13)20-7)18-21-16(2,3)17(4,5)22-18/h9-11H,8,12H2,1-7H3. The zero-order valence-corrected chi connectivity index (χ0v) is 14.9. The third-order valence-corrected chi connectivity index (χ3v) is 4.81. The van der Waals surface area contributed by atoms with Crippen molar-refractivity contribution in [3.05, 3.63) is 23.8 Å². The molecule has 0 aliphatic carbocycles. The summed E-state index contributed by atoms with van der Waals surface area (Å²) in [5.74, 6) is 0.903. The van der Waals surface area contributed by atoms with Gasteiger partial charge in [0.15, 0.2) is 0 Å². The number of nitrogens with zero attached hydrogens (tertiary/aromatic N) is 1. The Hall–Kier alpha value is -1.04. The fourth-order valence-electron chi connectivity index (χ4n) is 2.45. The second-order valence-corrected chi connectivity index (χ2v) is 6.99. The normalized spacial score (nSPS) is 19.7. The van der Waals surface area contributed by atoms with E-state index in [1.54, 1.807) is 7.11 Å². The molecule has 0 bridgehead atoms. The number of hydrogen-bond acceptors (Lipinski definition) is 4. The van der Waals surface area contributed by atoms with Crippen molar-refractivity contribution in [1.82, 2.24) is 4.90 Å². The molecule has 22 heavy (non-hydrogen) atoms. The molecule has 1 heterocycles. The summed E-state index contributed by atoms with van der Waals surface area (Å²) in [5, 5.41) is 0. The monoisotopic (exact) mass is 305 g/mol. The molecule has 122 valence electrons. The molecule has 1 aliphatic rings. The molecule has 0 radical (unpaired) electrons. The van der Waals surface area contributed by atoms with Gasteiger partial charge in [0.05, 0.1) is 18.3 Å². The Morgan fingerprint density at radius 3 is 2.23 bits per heavy atom. The molecule has 0 N–H and O–H groups in total. The van der Waals surface area contributed by atoms with Crippen LogP contribution in [0, 0.1) is 0 Å². The van der Waals surface area contributed by atoms with E-state index in [4.69, 9.17) is 14.0 Å². The van der Waals surface area contributed by atoms with Gasteiger partial charge in [0, 0.05) is 12.1 Å². The minimum absolute atomic E-state index is 0.321. The molecule has 0 atom stereocenters. The first-order valence-corrected chi connectivity index (χ1v) is 7.91. The van der Waals surface area contributed by atoms with Gasteiger partial charge in [-0.3, -0.25) is 0 Å². The Balaban J connectivity index is 2.28. The van der Waals surface area contributed by atoms with Gasteiger partial charge >= 0.3 is 7.12 Å². The molecule has 0 spiro atoms. The lowest BCUT2D eigenvalue weighted by molar-refractivity contribution is 0.00578. The number of ether oxygens (including phenoxy) is 1. The SMILES string of the molecule is CCN(C)Cc1cc(B2OC(C)(C)C(C)(C)O2)ccc1OC. The summed E-state index contributed by atoms with van der Waals surface area (Å²) in [6.07, 6.45) is 0. The molecule has 4 nitrogen and oxygen atoms in total. The molecule has 1 aromatic carbocycles. The Morgan fingerprint density at radius 1 is 1.14 bits per heavy atom. The van der Waals surface area contributed by atoms with Gasteiger partial charge in [-0.25, -0.2) is 0 Å². The van der Waals surface area contributed by atoms with Crippen LogP contribution in [0.4, 0.5) is 0 Å². The van der Waals surface area contributed by atoms with Gasteiger partial charge in [-0.2, -0.15) is 0 Å². The van der Waals surface area contributed by atoms with Crippen LogP contribution in [0.3, 0.4) is 0 Å². The molecule has 1 saturated heterocycles. The Bertz CT molecular complexity index is 515. The van der Waals surface area contributed by atoms with E-state index in [0.29, 0.717) is 0 Å². The average molecular weight is 305 g/mol. The molecule has 5 heteroatoms. The summed E-state index contributed by atoms with van der Waals surface area (Å²) < 4.78 is 17.7. The zero-order valence-electron chi connectivity index (χ0n) is 14.9. The average Bonchev–Trinajstić information content (AvgIpc) is 2.67. The van der Waals surface area contributed by atoms with Gasteiger partial charge in [-0.1, -0.05) is 19.1 Å². The molecule has 0 saturated carbocycles. The van der Waals surface area contributed by atoms with Crippen LogP contribution in [0.25, 0.3) is 0 Å². The zero-order chi connectivity index (χ0) is 16.5. The predicted molar refractivity (Wildman–Crippen MR) is 90.7 cm³/mol. The van der Waals surface area contributed by atoms with Crippen molar-refractivity contribution in [2.75, 3.05) is 20.7 Å². The van der Waals surface area contributed by atoms with E-state index in [1.807, 2.05) is 12.1 Å². The molecule has 0 amide bonds. The van der Waals surface area contributed by atoms with Gasteiger partial charge in [0.25, 0.3) is 0 Å². The minimum Gasteiger partial charge on any atom is -0.496 e. The third-order valence-electron chi connectivity index (χ3n) is 4.81. The molecule has 0 unspecified atom stereocenters. The molecule has 1 fully saturated rings. The van der Waals surface area contributed by atoms with Crippen LogP contribution in [-0.4, -0.2) is 43.9 Å². The molecular weight excluding hydrogens is 277 g/mol. The largest absolute Gasteiger partial charge is 0.496 e. The van der Waals surface area contributed by atoms with Crippen molar-refractivity contribution in [3.63, 3.8) is 0 Å². The maximum absolute atomic E-state index is 6.13. The Labute approximate surface area is 134 Å². The number of rotatable bonds is 5. The van der Waals surface area contributed by atoms with Gasteiger partial charge in [0.1, 0.15) is 5.75 Å². The van der Waals surface area contributed by atoms with Crippen LogP contribution in [0.2, 0.25) is 0 Å². The summed E-state index contributed by atoms with van der Waals surface area (Å²) in [6, 6.07) is 6.16. The van der Waals surface area contributed by atoms with Gasteiger partial charge in [0.2, 0.25) is 0 Å². The third kappa shape index (κ3) is 3.32. The molecule has 1 aromatic rings. The summed E-state index contributed by atoms with van der Waals surface area (Å²) in [7, 11) is 3.47. The van der Waals surface area contributed by atoms with Crippen molar-refractivity contribution < 1.29 is 14.0 Å². The van der Waals surface area contributed by atoms with E-state index in [2.05, 4.69) is 52.6 Å². The van der Waals surface area contributed by atoms with E-state index in [1.165, 1.54) is 0 Å². The second kappa shape index (κ2) is 6.22. The number of hydrogen-bond donors (Lipinski definition) is 0. The molecular formula is C17H28BNO3. The first-order chi connectivity index (χ1) is 10.2. The van der Waals surface area contributed by atoms with Crippen LogP contribution in [0.1, 0.15) is 40.2 Å². The van der Waals surface area contributed by atoms with Crippen molar-refractivity contribution in [2.24, 2.45) is 0 Å². The van der Waals surface area contributed by atoms with Crippen LogP contribution < -0.4 is 10.2 Å². The number of methoxy groups -OCH3 is 1. The highest BCUT2D eigenvalue weighted by molar-refractivity contribution is 6.62. The predicted octanol–water partition coefficient (Wildman–Crippen LogP) is 2.45. The topological polar surface area (TPSA) is 30.9 Å². The van der Waals surface area contributed by atoms with Crippen molar-refractivity contribution in [1.29, 1.82) is 0 Å². The van der Waals surface area contributed by atoms with E-state index in [-0.39, 0.29) is 18.3 Å². The van der Waals surface area contributed by atoms with Crippen LogP contribution in [-0.2, 0) is 15.9 Å². The lowest BCUT2D eigenvalue weighted by Gasteiger charge is -2.32. The van der Waals surface area contributed by atoms with E-state index in [9.17, 15) is 0 Å². The second-order valence-electron chi connectivity index (χ2n) is 6.99. The van der Waals surface area contributed by atoms with E-state index < -0.39 is 0 Å². The molecule has 0 aromatic heterocycles. The van der Waals surface area contributed by atoms with Crippen LogP contribution in [0.15, 0.2) is 18.2 Å². The summed E-state index contributed by atoms with van der Waals surface area (Å²) >= 11 is 0. The fourth-order valence-corrected chi connectivity index (χ4v) is 2.45. The summed E-state index contributed by atoms with van der Waals surface area (Å²) in [5.41, 5.74) is 1.55. The van der Waals surface area contributed by atoms with Crippen molar-refractivity contribution >= 4 is 12.6 Å². The Morgan fingerprint density at radius 2 is 1.73 bits per heavy atom. The van der Waals surface area contributed by atoms with Gasteiger partial charge in [-0.05, 0) is 52.8 Å². The fraction of sp³-hybridized carbons (Fsp3) is 0.647. The highest BCUT2D eigenvalue weighted by Gasteiger charge is 2.51. The van der Waals surface area contributed by atoms with Gasteiger partial charge in [-0.15, -0.1) is 0 Å². The lowest BCUT2D eigenvalue weighted by atomic mass is 9.78. The number of benzene rings is 1. The maximum Gasteiger partial charge on any atom is 0.494 e. The van der Waals surface area contributed by atoms with Crippen molar-refractivity contribution in [3.8, 4) is 5.75 Å². The molecule has 1 aliphatic heterocycles. The maximum atomic E-state index is 6.13. The lowest BCUT2D eigenvalue weighted by Crippen LogP contribution is -2.41. The highest BCUT2D eigenvalue weighted by Crippen LogP contribution is 2.36.